The van der Waals surface area contributed by atoms with Gasteiger partial charge in [0.25, 0.3) is 5.56 Å². The zero-order valence-electron chi connectivity index (χ0n) is 11.7. The van der Waals surface area contributed by atoms with Crippen LogP contribution in [0.5, 0.6) is 0 Å². The molecule has 0 atom stereocenters. The summed E-state index contributed by atoms with van der Waals surface area (Å²) in [5.41, 5.74) is 3.38. The fourth-order valence-electron chi connectivity index (χ4n) is 2.44. The third-order valence-electron chi connectivity index (χ3n) is 3.52. The van der Waals surface area contributed by atoms with E-state index in [1.165, 1.54) is 11.3 Å². The highest BCUT2D eigenvalue weighted by Crippen LogP contribution is 2.19. The Morgan fingerprint density at radius 2 is 2.18 bits per heavy atom. The van der Waals surface area contributed by atoms with Crippen molar-refractivity contribution in [3.05, 3.63) is 62.9 Å². The van der Waals surface area contributed by atoms with E-state index in [4.69, 9.17) is 11.6 Å². The first kappa shape index (κ1) is 13.5. The van der Waals surface area contributed by atoms with Crippen molar-refractivity contribution in [1.29, 1.82) is 0 Å². The largest absolute Gasteiger partial charge is 0.305 e. The second-order valence-corrected chi connectivity index (χ2v) is 6.44. The van der Waals surface area contributed by atoms with E-state index in [1.54, 1.807) is 23.2 Å². The predicted molar refractivity (Wildman–Crippen MR) is 87.9 cm³/mol. The molecule has 0 unspecified atom stereocenters. The number of hydrogen-bond donors (Lipinski definition) is 0. The van der Waals surface area contributed by atoms with Crippen LogP contribution in [-0.2, 0) is 6.54 Å². The van der Waals surface area contributed by atoms with Gasteiger partial charge in [0.05, 0.1) is 29.1 Å². The molecular weight excluding hydrogens is 320 g/mol. The van der Waals surface area contributed by atoms with Crippen LogP contribution in [0.3, 0.4) is 0 Å². The Kier molecular flexibility index (Phi) is 3.02. The zero-order valence-corrected chi connectivity index (χ0v) is 13.2. The molecule has 5 nitrogen and oxygen atoms in total. The number of aromatic nitrogens is 4. The molecule has 0 aliphatic carbocycles. The summed E-state index contributed by atoms with van der Waals surface area (Å²) >= 11 is 7.40. The van der Waals surface area contributed by atoms with E-state index < -0.39 is 0 Å². The summed E-state index contributed by atoms with van der Waals surface area (Å²) in [6.07, 6.45) is 5.25. The van der Waals surface area contributed by atoms with E-state index in [0.717, 1.165) is 22.4 Å². The molecule has 110 valence electrons. The lowest BCUT2D eigenvalue weighted by atomic mass is 10.3. The first-order valence-electron chi connectivity index (χ1n) is 6.68. The van der Waals surface area contributed by atoms with Gasteiger partial charge in [-0.15, -0.1) is 11.3 Å². The van der Waals surface area contributed by atoms with Crippen LogP contribution in [0, 0.1) is 6.92 Å². The van der Waals surface area contributed by atoms with Gasteiger partial charge in [0, 0.05) is 12.4 Å². The maximum absolute atomic E-state index is 12.5. The fraction of sp³-hybridized carbons (Fsp3) is 0.133. The van der Waals surface area contributed by atoms with E-state index in [2.05, 4.69) is 9.97 Å². The second kappa shape index (κ2) is 4.93. The number of aryl methyl sites for hydroxylation is 1. The number of imidazole rings is 1. The van der Waals surface area contributed by atoms with E-state index in [9.17, 15) is 4.79 Å². The third-order valence-corrected chi connectivity index (χ3v) is 4.82. The Morgan fingerprint density at radius 3 is 3.05 bits per heavy atom. The average molecular weight is 331 g/mol. The Hall–Kier alpha value is -2.18. The molecule has 0 saturated carbocycles. The molecule has 4 heterocycles. The highest BCUT2D eigenvalue weighted by atomic mass is 35.5. The van der Waals surface area contributed by atoms with Crippen LogP contribution >= 0.6 is 22.9 Å². The molecule has 7 heteroatoms. The summed E-state index contributed by atoms with van der Waals surface area (Å²) in [4.78, 5) is 21.4. The van der Waals surface area contributed by atoms with Crippen LogP contribution in [0.1, 0.15) is 11.3 Å². The van der Waals surface area contributed by atoms with Crippen LogP contribution in [0.25, 0.3) is 15.9 Å². The molecular formula is C15H11ClN4OS. The lowest BCUT2D eigenvalue weighted by molar-refractivity contribution is 0.735. The topological polar surface area (TPSA) is 52.2 Å². The van der Waals surface area contributed by atoms with Crippen molar-refractivity contribution in [1.82, 2.24) is 18.9 Å². The summed E-state index contributed by atoms with van der Waals surface area (Å²) < 4.78 is 4.12. The molecule has 0 radical (unpaired) electrons. The summed E-state index contributed by atoms with van der Waals surface area (Å²) in [5, 5.41) is 2.60. The second-order valence-electron chi connectivity index (χ2n) is 5.12. The molecule has 4 aromatic rings. The lowest BCUT2D eigenvalue weighted by Crippen LogP contribution is -2.20. The quantitative estimate of drug-likeness (QED) is 0.567. The van der Waals surface area contributed by atoms with Crippen LogP contribution in [0.15, 0.2) is 41.0 Å². The monoisotopic (exact) mass is 330 g/mol. The van der Waals surface area contributed by atoms with Gasteiger partial charge in [0.2, 0.25) is 0 Å². The van der Waals surface area contributed by atoms with Gasteiger partial charge in [-0.1, -0.05) is 11.6 Å². The minimum absolute atomic E-state index is 0.0295. The van der Waals surface area contributed by atoms with Crippen molar-refractivity contribution < 1.29 is 0 Å². The maximum Gasteiger partial charge on any atom is 0.271 e. The summed E-state index contributed by atoms with van der Waals surface area (Å²) in [6.45, 7) is 2.35. The number of rotatable bonds is 2. The molecule has 0 aliphatic heterocycles. The first-order valence-corrected chi connectivity index (χ1v) is 7.94. The number of nitrogens with zero attached hydrogens (tertiary/aromatic N) is 4. The van der Waals surface area contributed by atoms with Gasteiger partial charge in [-0.2, -0.15) is 0 Å². The summed E-state index contributed by atoms with van der Waals surface area (Å²) in [7, 11) is 0. The molecule has 0 aromatic carbocycles. The minimum atomic E-state index is -0.0295. The van der Waals surface area contributed by atoms with Gasteiger partial charge in [-0.05, 0) is 30.0 Å². The molecule has 4 aromatic heterocycles. The highest BCUT2D eigenvalue weighted by Gasteiger charge is 2.10. The molecule has 22 heavy (non-hydrogen) atoms. The van der Waals surface area contributed by atoms with Crippen LogP contribution < -0.4 is 5.56 Å². The van der Waals surface area contributed by atoms with Gasteiger partial charge >= 0.3 is 0 Å². The third kappa shape index (κ3) is 2.12. The van der Waals surface area contributed by atoms with E-state index >= 15 is 0 Å². The molecule has 4 rings (SSSR count). The number of thiophene rings is 1. The molecule has 0 fully saturated rings. The Morgan fingerprint density at radius 1 is 1.32 bits per heavy atom. The number of fused-ring (bicyclic) bond motifs is 2. The Labute approximate surface area is 134 Å². The van der Waals surface area contributed by atoms with Crippen LogP contribution in [0.2, 0.25) is 5.02 Å². The molecule has 0 aliphatic rings. The normalized spacial score (nSPS) is 11.5. The molecule has 0 bridgehead atoms. The van der Waals surface area contributed by atoms with Crippen LogP contribution in [0.4, 0.5) is 0 Å². The van der Waals surface area contributed by atoms with Crippen molar-refractivity contribution in [2.75, 3.05) is 0 Å². The Balaban J connectivity index is 1.78. The lowest BCUT2D eigenvalue weighted by Gasteiger charge is -2.02. The zero-order chi connectivity index (χ0) is 15.3. The van der Waals surface area contributed by atoms with E-state index in [0.29, 0.717) is 16.3 Å². The van der Waals surface area contributed by atoms with Gasteiger partial charge < -0.3 is 4.40 Å². The van der Waals surface area contributed by atoms with Gasteiger partial charge in [-0.3, -0.25) is 9.36 Å². The first-order chi connectivity index (χ1) is 10.6. The van der Waals surface area contributed by atoms with Crippen molar-refractivity contribution in [2.45, 2.75) is 13.5 Å². The van der Waals surface area contributed by atoms with E-state index in [-0.39, 0.29) is 5.56 Å². The molecule has 0 amide bonds. The van der Waals surface area contributed by atoms with Crippen molar-refractivity contribution in [3.8, 4) is 0 Å². The van der Waals surface area contributed by atoms with Crippen molar-refractivity contribution in [2.24, 2.45) is 0 Å². The van der Waals surface area contributed by atoms with Gasteiger partial charge in [-0.25, -0.2) is 9.97 Å². The predicted octanol–water partition coefficient (Wildman–Crippen LogP) is 3.12. The van der Waals surface area contributed by atoms with Crippen molar-refractivity contribution >= 4 is 38.8 Å². The summed E-state index contributed by atoms with van der Waals surface area (Å²) in [5.74, 6) is 0. The number of hydrogen-bond acceptors (Lipinski definition) is 4. The molecule has 0 N–H and O–H groups in total. The van der Waals surface area contributed by atoms with Crippen molar-refractivity contribution in [3.63, 3.8) is 0 Å². The van der Waals surface area contributed by atoms with Gasteiger partial charge in [0.15, 0.2) is 0 Å². The highest BCUT2D eigenvalue weighted by molar-refractivity contribution is 7.17. The SMILES string of the molecule is Cc1csc2c(=O)n(Cc3cn4cc(Cl)ccc4n3)cnc12. The van der Waals surface area contributed by atoms with Crippen LogP contribution in [-0.4, -0.2) is 18.9 Å². The summed E-state index contributed by atoms with van der Waals surface area (Å²) in [6, 6.07) is 3.64. The fourth-order valence-corrected chi connectivity index (χ4v) is 3.56. The van der Waals surface area contributed by atoms with E-state index in [1.807, 2.05) is 29.0 Å². The number of halogens is 1. The maximum atomic E-state index is 12.5. The van der Waals surface area contributed by atoms with Gasteiger partial charge in [0.1, 0.15) is 10.3 Å². The standard InChI is InChI=1S/C15H11ClN4OS/c1-9-7-22-14-13(9)17-8-20(15(14)21)6-11-5-19-4-10(16)2-3-12(19)18-11/h2-5,7-8H,6H2,1H3. The molecule has 0 saturated heterocycles. The minimum Gasteiger partial charge on any atom is -0.305 e. The smallest absolute Gasteiger partial charge is 0.271 e. The average Bonchev–Trinajstić information content (AvgIpc) is 3.05. The Bertz CT molecular complexity index is 1060. The molecule has 0 spiro atoms. The number of pyridine rings is 1.